The molecule has 0 saturated carbocycles. The van der Waals surface area contributed by atoms with Gasteiger partial charge >= 0.3 is 7.25 Å². The van der Waals surface area contributed by atoms with Crippen molar-refractivity contribution in [2.45, 2.75) is 96.7 Å². The summed E-state index contributed by atoms with van der Waals surface area (Å²) < 4.78 is 39.0. The van der Waals surface area contributed by atoms with E-state index in [-0.39, 0.29) is 0 Å². The van der Waals surface area contributed by atoms with Gasteiger partial charge in [0, 0.05) is 0 Å². The molecule has 0 amide bonds. The second kappa shape index (κ2) is 18.4. The number of nitriles is 1. The molecule has 0 rings (SSSR count). The van der Waals surface area contributed by atoms with Gasteiger partial charge < -0.3 is 17.3 Å². The van der Waals surface area contributed by atoms with Crippen LogP contribution in [0.4, 0.5) is 17.3 Å². The minimum Gasteiger partial charge on any atom is -0.418 e. The molecule has 0 aromatic carbocycles. The van der Waals surface area contributed by atoms with E-state index in [9.17, 15) is 17.3 Å². The number of hydrogen-bond acceptors (Lipinski definition) is 1. The van der Waals surface area contributed by atoms with E-state index in [0.29, 0.717) is 16.1 Å². The quantitative estimate of drug-likeness (QED) is 0.135. The van der Waals surface area contributed by atoms with Crippen LogP contribution in [0.15, 0.2) is 0 Å². The lowest BCUT2D eigenvalue weighted by Gasteiger charge is -2.11. The minimum absolute atomic E-state index is 0.489. The highest BCUT2D eigenvalue weighted by atomic mass is 32.2. The summed E-state index contributed by atoms with van der Waals surface area (Å²) in [5, 5.41) is 9.40. The van der Waals surface area contributed by atoms with E-state index in [1.165, 1.54) is 75.7 Å². The summed E-state index contributed by atoms with van der Waals surface area (Å²) in [4.78, 5) is 0. The molecule has 0 aliphatic rings. The fourth-order valence-electron chi connectivity index (χ4n) is 2.65. The molecule has 0 aromatic rings. The van der Waals surface area contributed by atoms with Crippen molar-refractivity contribution in [3.8, 4) is 6.07 Å². The molecule has 7 heteroatoms. The summed E-state index contributed by atoms with van der Waals surface area (Å²) in [6.07, 6.45) is 14.9. The molecule has 0 aromatic heterocycles. The maximum Gasteiger partial charge on any atom is 0.673 e. The molecule has 0 bridgehead atoms. The van der Waals surface area contributed by atoms with Gasteiger partial charge in [0.15, 0.2) is 0 Å². The Hall–Kier alpha value is -0.375. The molecule has 2 unspecified atom stereocenters. The van der Waals surface area contributed by atoms with E-state index in [2.05, 4.69) is 26.8 Å². The summed E-state index contributed by atoms with van der Waals surface area (Å²) in [6, 6.07) is 2.33. The Morgan fingerprint density at radius 3 is 1.60 bits per heavy atom. The van der Waals surface area contributed by atoms with Crippen LogP contribution in [0, 0.1) is 11.3 Å². The van der Waals surface area contributed by atoms with Crippen molar-refractivity contribution < 1.29 is 17.3 Å². The molecule has 0 fully saturated rings. The highest BCUT2D eigenvalue weighted by Gasteiger charge is 2.23. The summed E-state index contributed by atoms with van der Waals surface area (Å²) in [6.45, 7) is 6.82. The lowest BCUT2D eigenvalue weighted by molar-refractivity contribution is 0.368. The maximum atomic E-state index is 9.75. The minimum atomic E-state index is -6.00. The first-order chi connectivity index (χ1) is 11.8. The van der Waals surface area contributed by atoms with Crippen LogP contribution in [-0.2, 0) is 10.9 Å². The number of rotatable bonds is 14. The number of unbranched alkanes of at least 4 members (excludes halogenated alkanes) is 9. The van der Waals surface area contributed by atoms with E-state index in [1.807, 2.05) is 0 Å². The second-order valence-corrected chi connectivity index (χ2v) is 9.25. The molecule has 150 valence electrons. The lowest BCUT2D eigenvalue weighted by Crippen LogP contribution is -2.23. The van der Waals surface area contributed by atoms with Crippen LogP contribution in [0.2, 0.25) is 0 Å². The Balaban J connectivity index is 0. The fraction of sp³-hybridized carbons (Fsp3) is 0.944. The van der Waals surface area contributed by atoms with Crippen LogP contribution < -0.4 is 0 Å². The SMILES string of the molecule is CCCCCCCCCCCC[S+](CC)C(C)CC#N.F[B-](F)(F)F. The zero-order chi connectivity index (χ0) is 19.6. The van der Waals surface area contributed by atoms with Gasteiger partial charge in [-0.25, -0.2) is 0 Å². The van der Waals surface area contributed by atoms with Crippen LogP contribution >= 0.6 is 0 Å². The Labute approximate surface area is 155 Å². The van der Waals surface area contributed by atoms with Crippen LogP contribution in [0.1, 0.15) is 91.4 Å². The zero-order valence-corrected chi connectivity index (χ0v) is 17.0. The topological polar surface area (TPSA) is 23.8 Å². The third-order valence-electron chi connectivity index (χ3n) is 4.08. The molecule has 1 nitrogen and oxygen atoms in total. The highest BCUT2D eigenvalue weighted by molar-refractivity contribution is 7.97. The molecule has 2 atom stereocenters. The molecule has 0 saturated heterocycles. The van der Waals surface area contributed by atoms with Crippen molar-refractivity contribution in [2.75, 3.05) is 11.5 Å². The number of nitrogens with zero attached hydrogens (tertiary/aromatic N) is 1. The molecular formula is C18H36BF4NS. The zero-order valence-electron chi connectivity index (χ0n) is 16.2. The second-order valence-electron chi connectivity index (χ2n) is 6.38. The Kier molecular flexibility index (Phi) is 19.8. The van der Waals surface area contributed by atoms with E-state index in [1.54, 1.807) is 0 Å². The predicted molar refractivity (Wildman–Crippen MR) is 104 cm³/mol. The Morgan fingerprint density at radius 2 is 1.24 bits per heavy atom. The van der Waals surface area contributed by atoms with Gasteiger partial charge in [0.05, 0.1) is 12.5 Å². The monoisotopic (exact) mass is 385 g/mol. The van der Waals surface area contributed by atoms with Crippen LogP contribution in [0.3, 0.4) is 0 Å². The summed E-state index contributed by atoms with van der Waals surface area (Å²) >= 11 is 0. The van der Waals surface area contributed by atoms with Gasteiger partial charge in [-0.05, 0) is 37.6 Å². The summed E-state index contributed by atoms with van der Waals surface area (Å²) in [7, 11) is -5.51. The third kappa shape index (κ3) is 26.0. The van der Waals surface area contributed by atoms with Crippen molar-refractivity contribution in [3.05, 3.63) is 0 Å². The van der Waals surface area contributed by atoms with Crippen molar-refractivity contribution in [1.82, 2.24) is 0 Å². The fourth-order valence-corrected chi connectivity index (χ4v) is 4.80. The third-order valence-corrected chi connectivity index (χ3v) is 6.94. The first kappa shape index (κ1) is 26.8. The molecule has 0 radical (unpaired) electrons. The van der Waals surface area contributed by atoms with E-state index < -0.39 is 7.25 Å². The highest BCUT2D eigenvalue weighted by Crippen LogP contribution is 2.15. The average molecular weight is 385 g/mol. The van der Waals surface area contributed by atoms with Crippen molar-refractivity contribution in [1.29, 1.82) is 5.26 Å². The molecule has 25 heavy (non-hydrogen) atoms. The molecular weight excluding hydrogens is 349 g/mol. The van der Waals surface area contributed by atoms with Gasteiger partial charge in [0.1, 0.15) is 16.8 Å². The first-order valence-corrected chi connectivity index (χ1v) is 11.3. The average Bonchev–Trinajstić information content (AvgIpc) is 2.51. The van der Waals surface area contributed by atoms with E-state index in [0.717, 1.165) is 6.42 Å². The van der Waals surface area contributed by atoms with Crippen molar-refractivity contribution >= 4 is 18.1 Å². The van der Waals surface area contributed by atoms with E-state index in [4.69, 9.17) is 5.26 Å². The molecule has 0 aliphatic heterocycles. The standard InChI is InChI=1S/C18H36NS.BF4/c1-4-6-7-8-9-10-11-12-13-14-17-20(5-2)18(3)15-16-19;2-1(3,4)5/h18H,4-15,17H2,1-3H3;/q+1;-1. The van der Waals surface area contributed by atoms with Crippen molar-refractivity contribution in [2.24, 2.45) is 0 Å². The largest absolute Gasteiger partial charge is 0.673 e. The van der Waals surface area contributed by atoms with Gasteiger partial charge in [0.2, 0.25) is 0 Å². The Morgan fingerprint density at radius 1 is 0.840 bits per heavy atom. The van der Waals surface area contributed by atoms with E-state index >= 15 is 0 Å². The predicted octanol–water partition coefficient (Wildman–Crippen LogP) is 7.15. The molecule has 0 spiro atoms. The van der Waals surface area contributed by atoms with Gasteiger partial charge in [-0.2, -0.15) is 5.26 Å². The van der Waals surface area contributed by atoms with Gasteiger partial charge in [0.25, 0.3) is 0 Å². The van der Waals surface area contributed by atoms with Gasteiger partial charge in [-0.3, -0.25) is 0 Å². The van der Waals surface area contributed by atoms with Crippen molar-refractivity contribution in [3.63, 3.8) is 0 Å². The van der Waals surface area contributed by atoms with Crippen LogP contribution in [0.25, 0.3) is 0 Å². The Bertz CT molecular complexity index is 315. The maximum absolute atomic E-state index is 9.75. The summed E-state index contributed by atoms with van der Waals surface area (Å²) in [5.41, 5.74) is 0. The van der Waals surface area contributed by atoms with Gasteiger partial charge in [-0.1, -0.05) is 58.3 Å². The molecule has 0 aliphatic carbocycles. The van der Waals surface area contributed by atoms with Crippen LogP contribution in [-0.4, -0.2) is 24.0 Å². The summed E-state index contributed by atoms with van der Waals surface area (Å²) in [5.74, 6) is 2.62. The van der Waals surface area contributed by atoms with Gasteiger partial charge in [-0.15, -0.1) is 0 Å². The van der Waals surface area contributed by atoms with Crippen LogP contribution in [0.5, 0.6) is 0 Å². The number of hydrogen-bond donors (Lipinski definition) is 0. The first-order valence-electron chi connectivity index (χ1n) is 9.66. The smallest absolute Gasteiger partial charge is 0.418 e. The molecule has 0 heterocycles. The normalized spacial score (nSPS) is 13.5. The lowest BCUT2D eigenvalue weighted by atomic mass is 10.1. The number of halogens is 4. The molecule has 0 N–H and O–H groups in total.